The highest BCUT2D eigenvalue weighted by Crippen LogP contribution is 2.30. The van der Waals surface area contributed by atoms with Gasteiger partial charge in [-0.2, -0.15) is 13.2 Å². The number of nitrogens with zero attached hydrogens (tertiary/aromatic N) is 3. The largest absolute Gasteiger partial charge is 0.451 e. The van der Waals surface area contributed by atoms with Crippen molar-refractivity contribution in [2.24, 2.45) is 5.11 Å². The smallest absolute Gasteiger partial charge is 0.224 e. The fraction of sp³-hybridized carbons (Fsp3) is 0.111. The van der Waals surface area contributed by atoms with Crippen LogP contribution in [0.4, 0.5) is 19.0 Å². The molecule has 4 nitrogen and oxygen atoms in total. The van der Waals surface area contributed by atoms with E-state index < -0.39 is 12.0 Å². The van der Waals surface area contributed by atoms with E-state index >= 15 is 0 Å². The Kier molecular flexibility index (Phi) is 2.30. The first-order valence-electron chi connectivity index (χ1n) is 4.24. The molecule has 0 aliphatic rings. The summed E-state index contributed by atoms with van der Waals surface area (Å²) in [5, 5.41) is 3.30. The van der Waals surface area contributed by atoms with Crippen LogP contribution in [-0.2, 0) is 6.18 Å². The van der Waals surface area contributed by atoms with Crippen molar-refractivity contribution in [2.45, 2.75) is 6.18 Å². The van der Waals surface area contributed by atoms with E-state index in [2.05, 4.69) is 15.1 Å². The number of aromatic nitrogens is 2. The van der Waals surface area contributed by atoms with Gasteiger partial charge in [0.2, 0.25) is 5.82 Å². The summed E-state index contributed by atoms with van der Waals surface area (Å²) in [4.78, 5) is 6.58. The Labute approximate surface area is 87.7 Å². The number of halogens is 3. The summed E-state index contributed by atoms with van der Waals surface area (Å²) in [5.74, 6) is -1.56. The molecule has 0 aliphatic carbocycles. The summed E-state index contributed by atoms with van der Waals surface area (Å²) < 4.78 is 37.2. The van der Waals surface area contributed by atoms with Crippen LogP contribution in [0.25, 0.3) is 10.9 Å². The minimum absolute atomic E-state index is 0.121. The zero-order valence-electron chi connectivity index (χ0n) is 7.78. The topological polar surface area (TPSA) is 62.0 Å². The summed E-state index contributed by atoms with van der Waals surface area (Å²) in [7, 11) is 0. The fourth-order valence-electron chi connectivity index (χ4n) is 1.27. The van der Waals surface area contributed by atoms with Gasteiger partial charge in [-0.15, -0.1) is 5.11 Å². The lowest BCUT2D eigenvalue weighted by molar-refractivity contribution is -0.144. The lowest BCUT2D eigenvalue weighted by Crippen LogP contribution is -2.10. The third-order valence-corrected chi connectivity index (χ3v) is 1.94. The highest BCUT2D eigenvalue weighted by Gasteiger charge is 2.35. The van der Waals surface area contributed by atoms with Gasteiger partial charge in [0.05, 0.1) is 5.52 Å². The van der Waals surface area contributed by atoms with Crippen LogP contribution in [0, 0.1) is 5.53 Å². The number of para-hydroxylation sites is 1. The van der Waals surface area contributed by atoms with E-state index in [4.69, 9.17) is 5.53 Å². The monoisotopic (exact) mass is 226 g/mol. The van der Waals surface area contributed by atoms with Gasteiger partial charge in [0, 0.05) is 5.39 Å². The Morgan fingerprint density at radius 1 is 1.12 bits per heavy atom. The van der Waals surface area contributed by atoms with Gasteiger partial charge in [0.1, 0.15) is 0 Å². The van der Waals surface area contributed by atoms with Crippen molar-refractivity contribution >= 4 is 16.7 Å². The van der Waals surface area contributed by atoms with E-state index in [1.54, 1.807) is 12.1 Å². The van der Waals surface area contributed by atoms with Gasteiger partial charge in [-0.3, -0.25) is 0 Å². The van der Waals surface area contributed by atoms with E-state index in [9.17, 15) is 13.2 Å². The highest BCUT2D eigenvalue weighted by atomic mass is 19.4. The number of benzene rings is 1. The molecule has 0 saturated heterocycles. The van der Waals surface area contributed by atoms with E-state index in [0.29, 0.717) is 5.39 Å². The fourth-order valence-corrected chi connectivity index (χ4v) is 1.27. The summed E-state index contributed by atoms with van der Waals surface area (Å²) in [6.45, 7) is 0. The molecule has 1 heterocycles. The van der Waals surface area contributed by atoms with E-state index in [1.807, 2.05) is 0 Å². The van der Waals surface area contributed by atoms with Crippen LogP contribution in [0.2, 0.25) is 0 Å². The Morgan fingerprint density at radius 3 is 2.44 bits per heavy atom. The molecule has 82 valence electrons. The van der Waals surface area contributed by atoms with Gasteiger partial charge in [0.25, 0.3) is 0 Å². The molecule has 0 unspecified atom stereocenters. The molecule has 1 aromatic carbocycles. The number of alkyl halides is 3. The SMILES string of the molecule is N=Nc1nc(C(F)(F)F)nc2ccccc12. The maximum Gasteiger partial charge on any atom is 0.451 e. The summed E-state index contributed by atoms with van der Waals surface area (Å²) >= 11 is 0. The molecule has 16 heavy (non-hydrogen) atoms. The van der Waals surface area contributed by atoms with Crippen LogP contribution in [0.3, 0.4) is 0 Å². The Morgan fingerprint density at radius 2 is 1.81 bits per heavy atom. The van der Waals surface area contributed by atoms with E-state index in [-0.39, 0.29) is 11.3 Å². The molecule has 0 bridgehead atoms. The van der Waals surface area contributed by atoms with Crippen molar-refractivity contribution in [1.82, 2.24) is 9.97 Å². The number of hydrogen-bond donors (Lipinski definition) is 1. The second-order valence-corrected chi connectivity index (χ2v) is 3.00. The quantitative estimate of drug-likeness (QED) is 0.758. The molecule has 0 fully saturated rings. The van der Waals surface area contributed by atoms with Gasteiger partial charge in [-0.1, -0.05) is 12.1 Å². The van der Waals surface area contributed by atoms with Gasteiger partial charge >= 0.3 is 6.18 Å². The molecule has 2 aromatic rings. The molecule has 2 rings (SSSR count). The van der Waals surface area contributed by atoms with Crippen LogP contribution in [0.15, 0.2) is 29.4 Å². The highest BCUT2D eigenvalue weighted by molar-refractivity contribution is 5.87. The average molecular weight is 226 g/mol. The molecule has 0 amide bonds. The zero-order valence-corrected chi connectivity index (χ0v) is 7.78. The van der Waals surface area contributed by atoms with Crippen molar-refractivity contribution in [1.29, 1.82) is 5.53 Å². The van der Waals surface area contributed by atoms with Crippen molar-refractivity contribution in [3.05, 3.63) is 30.1 Å². The predicted molar refractivity (Wildman–Crippen MR) is 49.3 cm³/mol. The predicted octanol–water partition coefficient (Wildman–Crippen LogP) is 3.31. The molecule has 1 N–H and O–H groups in total. The second-order valence-electron chi connectivity index (χ2n) is 3.00. The summed E-state index contributed by atoms with van der Waals surface area (Å²) in [6, 6.07) is 6.11. The normalized spacial score (nSPS) is 11.7. The molecular formula is C9H5F3N4. The Hall–Kier alpha value is -2.05. The Balaban J connectivity index is 2.78. The summed E-state index contributed by atoms with van der Waals surface area (Å²) in [6.07, 6.45) is -4.64. The molecule has 7 heteroatoms. The van der Waals surface area contributed by atoms with Gasteiger partial charge in [-0.05, 0) is 12.1 Å². The second kappa shape index (κ2) is 3.51. The van der Waals surface area contributed by atoms with Crippen LogP contribution in [-0.4, -0.2) is 9.97 Å². The minimum atomic E-state index is -4.64. The molecular weight excluding hydrogens is 221 g/mol. The first kappa shape index (κ1) is 10.5. The minimum Gasteiger partial charge on any atom is -0.224 e. The first-order chi connectivity index (χ1) is 7.52. The van der Waals surface area contributed by atoms with Crippen molar-refractivity contribution in [3.8, 4) is 0 Å². The number of rotatable bonds is 1. The summed E-state index contributed by atoms with van der Waals surface area (Å²) in [5.41, 5.74) is 6.92. The lowest BCUT2D eigenvalue weighted by atomic mass is 10.2. The third kappa shape index (κ3) is 1.71. The average Bonchev–Trinajstić information content (AvgIpc) is 2.26. The van der Waals surface area contributed by atoms with Gasteiger partial charge < -0.3 is 0 Å². The lowest BCUT2D eigenvalue weighted by Gasteiger charge is -2.06. The van der Waals surface area contributed by atoms with Crippen LogP contribution >= 0.6 is 0 Å². The van der Waals surface area contributed by atoms with Gasteiger partial charge in [0.15, 0.2) is 5.82 Å². The van der Waals surface area contributed by atoms with Crippen molar-refractivity contribution < 1.29 is 13.2 Å². The maximum atomic E-state index is 12.4. The molecule has 0 saturated carbocycles. The third-order valence-electron chi connectivity index (χ3n) is 1.94. The molecule has 0 atom stereocenters. The van der Waals surface area contributed by atoms with Crippen molar-refractivity contribution in [2.75, 3.05) is 0 Å². The number of fused-ring (bicyclic) bond motifs is 1. The molecule has 0 spiro atoms. The molecule has 1 aromatic heterocycles. The van der Waals surface area contributed by atoms with Gasteiger partial charge in [-0.25, -0.2) is 15.5 Å². The zero-order chi connectivity index (χ0) is 11.8. The van der Waals surface area contributed by atoms with Crippen LogP contribution < -0.4 is 0 Å². The molecule has 0 radical (unpaired) electrons. The Bertz CT molecular complexity index is 550. The van der Waals surface area contributed by atoms with E-state index in [1.165, 1.54) is 12.1 Å². The number of nitrogens with one attached hydrogen (secondary N) is 1. The standard InChI is InChI=1S/C9H5F3N4/c10-9(11,12)8-14-6-4-2-1-3-5(6)7(15-8)16-13/h1-4,13H. The van der Waals surface area contributed by atoms with Crippen molar-refractivity contribution in [3.63, 3.8) is 0 Å². The van der Waals surface area contributed by atoms with Crippen LogP contribution in [0.1, 0.15) is 5.82 Å². The van der Waals surface area contributed by atoms with E-state index in [0.717, 1.165) is 0 Å². The molecule has 0 aliphatic heterocycles. The van der Waals surface area contributed by atoms with Crippen LogP contribution in [0.5, 0.6) is 0 Å². The number of hydrogen-bond acceptors (Lipinski definition) is 4. The first-order valence-corrected chi connectivity index (χ1v) is 4.24. The maximum absolute atomic E-state index is 12.4.